The van der Waals surface area contributed by atoms with Crippen LogP contribution in [-0.4, -0.2) is 17.3 Å². The molecule has 0 aromatic heterocycles. The first-order valence-electron chi connectivity index (χ1n) is 6.02. The summed E-state index contributed by atoms with van der Waals surface area (Å²) >= 11 is 0. The molecule has 1 fully saturated rings. The second kappa shape index (κ2) is 5.56. The smallest absolute Gasteiger partial charge is 0.130 e. The average molecular weight is 241 g/mol. The Morgan fingerprint density at radius 1 is 1.24 bits per heavy atom. The number of halogens is 2. The molecule has 0 radical (unpaired) electrons. The summed E-state index contributed by atoms with van der Waals surface area (Å²) in [5, 5.41) is 12.9. The van der Waals surface area contributed by atoms with Gasteiger partial charge in [0.05, 0.1) is 6.10 Å². The summed E-state index contributed by atoms with van der Waals surface area (Å²) in [6.07, 6.45) is 3.48. The zero-order valence-corrected chi connectivity index (χ0v) is 9.63. The van der Waals surface area contributed by atoms with E-state index in [-0.39, 0.29) is 12.1 Å². The molecule has 2 nitrogen and oxygen atoms in total. The van der Waals surface area contributed by atoms with Crippen LogP contribution in [0.1, 0.15) is 31.2 Å². The lowest BCUT2D eigenvalue weighted by Gasteiger charge is -2.28. The molecule has 94 valence electrons. The SMILES string of the molecule is O[C@H]1CCCC[C@@H]1NCc1ccc(F)cc1F. The molecule has 1 aromatic rings. The number of nitrogens with one attached hydrogen (secondary N) is 1. The molecule has 0 spiro atoms. The van der Waals surface area contributed by atoms with Crippen LogP contribution in [0, 0.1) is 11.6 Å². The summed E-state index contributed by atoms with van der Waals surface area (Å²) in [4.78, 5) is 0. The van der Waals surface area contributed by atoms with E-state index >= 15 is 0 Å². The number of hydrogen-bond donors (Lipinski definition) is 2. The molecule has 0 aliphatic heterocycles. The minimum atomic E-state index is -0.566. The molecule has 2 N–H and O–H groups in total. The Balaban J connectivity index is 1.92. The van der Waals surface area contributed by atoms with Crippen molar-refractivity contribution in [2.24, 2.45) is 0 Å². The van der Waals surface area contributed by atoms with Crippen molar-refractivity contribution in [1.29, 1.82) is 0 Å². The lowest BCUT2D eigenvalue weighted by Crippen LogP contribution is -2.41. The van der Waals surface area contributed by atoms with Crippen molar-refractivity contribution < 1.29 is 13.9 Å². The van der Waals surface area contributed by atoms with Crippen molar-refractivity contribution >= 4 is 0 Å². The largest absolute Gasteiger partial charge is 0.392 e. The van der Waals surface area contributed by atoms with Crippen LogP contribution in [0.25, 0.3) is 0 Å². The van der Waals surface area contributed by atoms with Crippen LogP contribution in [0.5, 0.6) is 0 Å². The zero-order chi connectivity index (χ0) is 12.3. The van der Waals surface area contributed by atoms with Crippen molar-refractivity contribution in [1.82, 2.24) is 5.32 Å². The normalized spacial score (nSPS) is 24.9. The number of aliphatic hydroxyl groups is 1. The molecule has 17 heavy (non-hydrogen) atoms. The molecular formula is C13H17F2NO. The maximum atomic E-state index is 13.4. The van der Waals surface area contributed by atoms with Crippen molar-refractivity contribution in [2.45, 2.75) is 44.4 Å². The lowest BCUT2D eigenvalue weighted by molar-refractivity contribution is 0.0901. The van der Waals surface area contributed by atoms with Gasteiger partial charge < -0.3 is 10.4 Å². The molecule has 0 bridgehead atoms. The summed E-state index contributed by atoms with van der Waals surface area (Å²) in [6, 6.07) is 3.59. The highest BCUT2D eigenvalue weighted by Crippen LogP contribution is 2.19. The Hall–Kier alpha value is -1.00. The highest BCUT2D eigenvalue weighted by atomic mass is 19.1. The fraction of sp³-hybridized carbons (Fsp3) is 0.538. The van der Waals surface area contributed by atoms with Gasteiger partial charge in [0.2, 0.25) is 0 Å². The van der Waals surface area contributed by atoms with Crippen molar-refractivity contribution in [2.75, 3.05) is 0 Å². The van der Waals surface area contributed by atoms with Gasteiger partial charge in [-0.3, -0.25) is 0 Å². The Kier molecular flexibility index (Phi) is 4.07. The molecule has 0 heterocycles. The maximum absolute atomic E-state index is 13.4. The summed E-state index contributed by atoms with van der Waals surface area (Å²) in [5.41, 5.74) is 0.434. The predicted molar refractivity (Wildman–Crippen MR) is 61.5 cm³/mol. The van der Waals surface area contributed by atoms with E-state index in [1.807, 2.05) is 0 Å². The predicted octanol–water partition coefficient (Wildman–Crippen LogP) is 2.36. The van der Waals surface area contributed by atoms with Gasteiger partial charge in [-0.25, -0.2) is 8.78 Å². The van der Waals surface area contributed by atoms with E-state index in [4.69, 9.17) is 0 Å². The molecule has 4 heteroatoms. The highest BCUT2D eigenvalue weighted by Gasteiger charge is 2.22. The molecular weight excluding hydrogens is 224 g/mol. The zero-order valence-electron chi connectivity index (χ0n) is 9.63. The van der Waals surface area contributed by atoms with E-state index < -0.39 is 11.6 Å². The van der Waals surface area contributed by atoms with Gasteiger partial charge in [0.25, 0.3) is 0 Å². The monoisotopic (exact) mass is 241 g/mol. The number of hydrogen-bond acceptors (Lipinski definition) is 2. The first-order valence-corrected chi connectivity index (χ1v) is 6.02. The number of aliphatic hydroxyl groups excluding tert-OH is 1. The van der Waals surface area contributed by atoms with E-state index in [0.717, 1.165) is 31.7 Å². The van der Waals surface area contributed by atoms with E-state index in [9.17, 15) is 13.9 Å². The van der Waals surface area contributed by atoms with E-state index in [1.54, 1.807) is 0 Å². The molecule has 0 unspecified atom stereocenters. The minimum absolute atomic E-state index is 0.0215. The van der Waals surface area contributed by atoms with Crippen molar-refractivity contribution in [3.8, 4) is 0 Å². The van der Waals surface area contributed by atoms with Crippen LogP contribution in [0.4, 0.5) is 8.78 Å². The standard InChI is InChI=1S/C13H17F2NO/c14-10-6-5-9(11(15)7-10)8-16-12-3-1-2-4-13(12)17/h5-7,12-13,16-17H,1-4,8H2/t12-,13-/m0/s1. The second-order valence-electron chi connectivity index (χ2n) is 4.57. The van der Waals surface area contributed by atoms with Crippen molar-refractivity contribution in [3.63, 3.8) is 0 Å². The third kappa shape index (κ3) is 3.23. The number of rotatable bonds is 3. The van der Waals surface area contributed by atoms with Gasteiger partial charge in [-0.2, -0.15) is 0 Å². The topological polar surface area (TPSA) is 32.3 Å². The van der Waals surface area contributed by atoms with Gasteiger partial charge in [-0.15, -0.1) is 0 Å². The molecule has 1 aliphatic carbocycles. The molecule has 1 aromatic carbocycles. The van der Waals surface area contributed by atoms with Gasteiger partial charge in [-0.1, -0.05) is 18.9 Å². The summed E-state index contributed by atoms with van der Waals surface area (Å²) in [5.74, 6) is -1.10. The van der Waals surface area contributed by atoms with Crippen LogP contribution in [0.3, 0.4) is 0 Å². The fourth-order valence-electron chi connectivity index (χ4n) is 2.26. The molecule has 2 atom stereocenters. The van der Waals surface area contributed by atoms with Crippen LogP contribution in [0.2, 0.25) is 0 Å². The first-order chi connectivity index (χ1) is 8.16. The third-order valence-corrected chi connectivity index (χ3v) is 3.30. The van der Waals surface area contributed by atoms with E-state index in [0.29, 0.717) is 12.1 Å². The van der Waals surface area contributed by atoms with Gasteiger partial charge in [0.1, 0.15) is 11.6 Å². The van der Waals surface area contributed by atoms with E-state index in [2.05, 4.69) is 5.32 Å². The Morgan fingerprint density at radius 3 is 2.71 bits per heavy atom. The van der Waals surface area contributed by atoms with Gasteiger partial charge in [0, 0.05) is 24.2 Å². The Labute approximate surface area is 99.7 Å². The quantitative estimate of drug-likeness (QED) is 0.851. The average Bonchev–Trinajstić information content (AvgIpc) is 2.30. The van der Waals surface area contributed by atoms with Gasteiger partial charge >= 0.3 is 0 Å². The lowest BCUT2D eigenvalue weighted by atomic mass is 9.92. The van der Waals surface area contributed by atoms with Crippen LogP contribution in [-0.2, 0) is 6.54 Å². The molecule has 2 rings (SSSR count). The van der Waals surface area contributed by atoms with Crippen molar-refractivity contribution in [3.05, 3.63) is 35.4 Å². The van der Waals surface area contributed by atoms with Crippen LogP contribution in [0.15, 0.2) is 18.2 Å². The minimum Gasteiger partial charge on any atom is -0.392 e. The second-order valence-corrected chi connectivity index (χ2v) is 4.57. The fourth-order valence-corrected chi connectivity index (χ4v) is 2.26. The van der Waals surface area contributed by atoms with Crippen LogP contribution < -0.4 is 5.32 Å². The molecule has 1 saturated carbocycles. The van der Waals surface area contributed by atoms with Gasteiger partial charge in [-0.05, 0) is 18.9 Å². The van der Waals surface area contributed by atoms with Crippen LogP contribution >= 0.6 is 0 Å². The molecule has 0 amide bonds. The third-order valence-electron chi connectivity index (χ3n) is 3.30. The number of benzene rings is 1. The van der Waals surface area contributed by atoms with Gasteiger partial charge in [0.15, 0.2) is 0 Å². The van der Waals surface area contributed by atoms with E-state index in [1.165, 1.54) is 12.1 Å². The maximum Gasteiger partial charge on any atom is 0.130 e. The first kappa shape index (κ1) is 12.5. The Morgan fingerprint density at radius 2 is 2.00 bits per heavy atom. The Bertz CT molecular complexity index is 384. The summed E-state index contributed by atoms with van der Waals surface area (Å²) < 4.78 is 26.1. The molecule has 1 aliphatic rings. The summed E-state index contributed by atoms with van der Waals surface area (Å²) in [6.45, 7) is 0.327. The molecule has 0 saturated heterocycles. The highest BCUT2D eigenvalue weighted by molar-refractivity contribution is 5.18. The summed E-state index contributed by atoms with van der Waals surface area (Å²) in [7, 11) is 0.